The summed E-state index contributed by atoms with van der Waals surface area (Å²) in [6, 6.07) is 4.66. The number of hydrogen-bond acceptors (Lipinski definition) is 12. The van der Waals surface area contributed by atoms with E-state index in [0.717, 1.165) is 38.5 Å². The van der Waals surface area contributed by atoms with Gasteiger partial charge in [-0.2, -0.15) is 0 Å². The molecule has 0 atom stereocenters. The Bertz CT molecular complexity index is 1180. The first-order chi connectivity index (χ1) is 19.3. The molecule has 0 amide bonds. The van der Waals surface area contributed by atoms with Gasteiger partial charge in [0.1, 0.15) is 6.61 Å². The Balaban J connectivity index is 1.72. The van der Waals surface area contributed by atoms with E-state index in [1.165, 1.54) is 31.4 Å². The van der Waals surface area contributed by atoms with Gasteiger partial charge >= 0.3 is 23.9 Å². The van der Waals surface area contributed by atoms with Crippen molar-refractivity contribution < 1.29 is 38.1 Å². The minimum absolute atomic E-state index is 0.0452. The average Bonchev–Trinajstić information content (AvgIpc) is 2.96. The highest BCUT2D eigenvalue weighted by molar-refractivity contribution is 5.88. The van der Waals surface area contributed by atoms with Crippen LogP contribution in [0, 0.1) is 0 Å². The molecule has 0 aliphatic heterocycles. The van der Waals surface area contributed by atoms with Crippen LogP contribution in [0.2, 0.25) is 0 Å². The summed E-state index contributed by atoms with van der Waals surface area (Å²) in [5.74, 6) is -1.73. The van der Waals surface area contributed by atoms with Crippen molar-refractivity contribution >= 4 is 24.0 Å². The predicted molar refractivity (Wildman–Crippen MR) is 145 cm³/mol. The van der Waals surface area contributed by atoms with E-state index in [1.54, 1.807) is 19.1 Å². The Kier molecular flexibility index (Phi) is 14.1. The maximum absolute atomic E-state index is 12.4. The second-order valence-corrected chi connectivity index (χ2v) is 8.44. The van der Waals surface area contributed by atoms with Crippen LogP contribution in [-0.2, 0) is 19.1 Å². The van der Waals surface area contributed by atoms with Crippen molar-refractivity contribution in [2.75, 3.05) is 26.9 Å². The van der Waals surface area contributed by atoms with Gasteiger partial charge in [-0.1, -0.05) is 61.2 Å². The van der Waals surface area contributed by atoms with Gasteiger partial charge in [0.2, 0.25) is 0 Å². The standard InChI is InChI=1S/C28H34N4O8/c1-5-16-37-24(33)15-13-21-12-14-22(23(19-21)36-4)40-27(35)25-29-31-28(32-30-25)39-18-11-9-7-6-8-10-17-38-26(34)20(2)3/h5,12-15,19H,1-2,6-11,16-18H2,3-4H3. The smallest absolute Gasteiger partial charge is 0.385 e. The molecule has 2 aromatic rings. The number of esters is 3. The van der Waals surface area contributed by atoms with Crippen LogP contribution in [0.25, 0.3) is 6.08 Å². The largest absolute Gasteiger partial charge is 0.493 e. The molecular formula is C28H34N4O8. The van der Waals surface area contributed by atoms with E-state index in [2.05, 4.69) is 33.6 Å². The zero-order valence-corrected chi connectivity index (χ0v) is 22.8. The lowest BCUT2D eigenvalue weighted by Gasteiger charge is -2.09. The third kappa shape index (κ3) is 11.8. The van der Waals surface area contributed by atoms with Crippen molar-refractivity contribution in [3.63, 3.8) is 0 Å². The number of nitrogens with zero attached hydrogens (tertiary/aromatic N) is 4. The van der Waals surface area contributed by atoms with Crippen LogP contribution < -0.4 is 14.2 Å². The van der Waals surface area contributed by atoms with Crippen LogP contribution in [0.3, 0.4) is 0 Å². The number of hydrogen-bond donors (Lipinski definition) is 0. The minimum Gasteiger partial charge on any atom is -0.493 e. The SMILES string of the molecule is C=CCOC(=O)C=Cc1ccc(OC(=O)c2nnc(OCCCCCCCCOC(=O)C(=C)C)nn2)c(OC)c1. The highest BCUT2D eigenvalue weighted by Gasteiger charge is 2.17. The van der Waals surface area contributed by atoms with Gasteiger partial charge in [-0.15, -0.1) is 10.2 Å². The van der Waals surface area contributed by atoms with Gasteiger partial charge in [0.05, 0.1) is 20.3 Å². The summed E-state index contributed by atoms with van der Waals surface area (Å²) in [6.45, 7) is 9.54. The lowest BCUT2D eigenvalue weighted by atomic mass is 10.1. The maximum atomic E-state index is 12.4. The molecule has 2 rings (SSSR count). The Morgan fingerprint density at radius 3 is 2.23 bits per heavy atom. The molecule has 1 aromatic carbocycles. The second-order valence-electron chi connectivity index (χ2n) is 8.44. The lowest BCUT2D eigenvalue weighted by molar-refractivity contribution is -0.139. The molecule has 0 aliphatic carbocycles. The van der Waals surface area contributed by atoms with Gasteiger partial charge in [-0.3, -0.25) is 0 Å². The first-order valence-electron chi connectivity index (χ1n) is 12.7. The Hall–Kier alpha value is -4.61. The van der Waals surface area contributed by atoms with E-state index in [4.69, 9.17) is 23.7 Å². The molecular weight excluding hydrogens is 520 g/mol. The topological polar surface area (TPSA) is 149 Å². The normalized spacial score (nSPS) is 10.6. The molecule has 0 aliphatic rings. The summed E-state index contributed by atoms with van der Waals surface area (Å²) in [5, 5.41) is 15.0. The molecule has 12 nitrogen and oxygen atoms in total. The van der Waals surface area contributed by atoms with Gasteiger partial charge in [0.15, 0.2) is 11.5 Å². The van der Waals surface area contributed by atoms with Crippen molar-refractivity contribution in [1.82, 2.24) is 20.4 Å². The quantitative estimate of drug-likeness (QED) is 0.0859. The number of rotatable bonds is 18. The third-order valence-electron chi connectivity index (χ3n) is 5.14. The molecule has 0 saturated heterocycles. The second kappa shape index (κ2) is 17.8. The van der Waals surface area contributed by atoms with E-state index < -0.39 is 11.9 Å². The Morgan fingerprint density at radius 2 is 1.57 bits per heavy atom. The fraction of sp³-hybridized carbons (Fsp3) is 0.393. The molecule has 0 saturated carbocycles. The molecule has 0 spiro atoms. The molecule has 1 heterocycles. The first kappa shape index (κ1) is 31.6. The van der Waals surface area contributed by atoms with Crippen molar-refractivity contribution in [3.05, 3.63) is 60.5 Å². The summed E-state index contributed by atoms with van der Waals surface area (Å²) in [7, 11) is 1.41. The van der Waals surface area contributed by atoms with Gasteiger partial charge in [-0.25, -0.2) is 14.4 Å². The zero-order chi connectivity index (χ0) is 29.2. The predicted octanol–water partition coefficient (Wildman–Crippen LogP) is 4.08. The molecule has 0 fully saturated rings. The molecule has 40 heavy (non-hydrogen) atoms. The van der Waals surface area contributed by atoms with Crippen molar-refractivity contribution in [3.8, 4) is 17.5 Å². The lowest BCUT2D eigenvalue weighted by Crippen LogP contribution is -2.16. The monoisotopic (exact) mass is 554 g/mol. The summed E-state index contributed by atoms with van der Waals surface area (Å²) >= 11 is 0. The molecule has 214 valence electrons. The van der Waals surface area contributed by atoms with E-state index in [0.29, 0.717) is 24.4 Å². The van der Waals surface area contributed by atoms with Gasteiger partial charge < -0.3 is 23.7 Å². The fourth-order valence-corrected chi connectivity index (χ4v) is 3.09. The van der Waals surface area contributed by atoms with Crippen LogP contribution in [-0.4, -0.2) is 65.2 Å². The Labute approximate surface area is 233 Å². The van der Waals surface area contributed by atoms with Crippen molar-refractivity contribution in [2.45, 2.75) is 45.4 Å². The van der Waals surface area contributed by atoms with Crippen molar-refractivity contribution in [2.24, 2.45) is 0 Å². The molecule has 12 heteroatoms. The number of benzene rings is 1. The molecule has 0 radical (unpaired) electrons. The van der Waals surface area contributed by atoms with Gasteiger partial charge in [0.25, 0.3) is 5.82 Å². The number of aromatic nitrogens is 4. The highest BCUT2D eigenvalue weighted by Crippen LogP contribution is 2.29. The fourth-order valence-electron chi connectivity index (χ4n) is 3.09. The highest BCUT2D eigenvalue weighted by atomic mass is 16.6. The van der Waals surface area contributed by atoms with Crippen LogP contribution >= 0.6 is 0 Å². The summed E-state index contributed by atoms with van der Waals surface area (Å²) in [6.07, 6.45) is 9.83. The van der Waals surface area contributed by atoms with Crippen molar-refractivity contribution in [1.29, 1.82) is 0 Å². The van der Waals surface area contributed by atoms with E-state index in [1.807, 2.05) is 0 Å². The number of unbranched alkanes of at least 4 members (excludes halogenated alkanes) is 5. The van der Waals surface area contributed by atoms with Gasteiger partial charge in [-0.05, 0) is 43.5 Å². The molecule has 0 N–H and O–H groups in total. The number of carbonyl (C=O) groups excluding carboxylic acids is 3. The first-order valence-corrected chi connectivity index (χ1v) is 12.7. The van der Waals surface area contributed by atoms with Crippen LogP contribution in [0.5, 0.6) is 17.5 Å². The van der Waals surface area contributed by atoms with E-state index in [-0.39, 0.29) is 35.9 Å². The molecule has 1 aromatic heterocycles. The number of carbonyl (C=O) groups is 3. The molecule has 0 bridgehead atoms. The number of ether oxygens (including phenoxy) is 5. The Morgan fingerprint density at radius 1 is 0.900 bits per heavy atom. The van der Waals surface area contributed by atoms with Gasteiger partial charge in [0, 0.05) is 11.6 Å². The third-order valence-corrected chi connectivity index (χ3v) is 5.14. The number of methoxy groups -OCH3 is 1. The molecule has 0 unspecified atom stereocenters. The zero-order valence-electron chi connectivity index (χ0n) is 22.8. The summed E-state index contributed by atoms with van der Waals surface area (Å²) in [4.78, 5) is 35.3. The summed E-state index contributed by atoms with van der Waals surface area (Å²) < 4.78 is 25.9. The summed E-state index contributed by atoms with van der Waals surface area (Å²) in [5.41, 5.74) is 1.03. The minimum atomic E-state index is -0.879. The van der Waals surface area contributed by atoms with Crippen LogP contribution in [0.4, 0.5) is 0 Å². The van der Waals surface area contributed by atoms with Crippen LogP contribution in [0.15, 0.2) is 49.1 Å². The van der Waals surface area contributed by atoms with E-state index >= 15 is 0 Å². The average molecular weight is 555 g/mol. The van der Waals surface area contributed by atoms with E-state index in [9.17, 15) is 14.4 Å². The maximum Gasteiger partial charge on any atom is 0.385 e. The van der Waals surface area contributed by atoms with Crippen LogP contribution in [0.1, 0.15) is 61.6 Å².